The van der Waals surface area contributed by atoms with Crippen molar-refractivity contribution in [2.24, 2.45) is 0 Å². The van der Waals surface area contributed by atoms with E-state index >= 15 is 0 Å². The van der Waals surface area contributed by atoms with E-state index in [1.54, 1.807) is 30.3 Å². The molecule has 0 aliphatic rings. The third-order valence-corrected chi connectivity index (χ3v) is 3.68. The summed E-state index contributed by atoms with van der Waals surface area (Å²) in [7, 11) is 0. The van der Waals surface area contributed by atoms with Gasteiger partial charge in [-0.25, -0.2) is 4.79 Å². The highest BCUT2D eigenvalue weighted by atomic mass is 35.5. The molecule has 2 rings (SSSR count). The number of anilines is 1. The lowest BCUT2D eigenvalue weighted by Gasteiger charge is -2.12. The topological polar surface area (TPSA) is 55.4 Å². The second kappa shape index (κ2) is 7.77. The molecule has 6 heteroatoms. The van der Waals surface area contributed by atoms with Crippen molar-refractivity contribution in [3.05, 3.63) is 57.8 Å². The van der Waals surface area contributed by atoms with E-state index < -0.39 is 18.0 Å². The fourth-order valence-electron chi connectivity index (χ4n) is 1.58. The molecule has 22 heavy (non-hydrogen) atoms. The number of hydrogen-bond donors (Lipinski definition) is 1. The number of benzene rings is 1. The zero-order valence-electron chi connectivity index (χ0n) is 11.8. The molecule has 0 fully saturated rings. The Bertz CT molecular complexity index is 665. The summed E-state index contributed by atoms with van der Waals surface area (Å²) < 4.78 is 5.05. The van der Waals surface area contributed by atoms with Crippen molar-refractivity contribution in [3.63, 3.8) is 0 Å². The van der Waals surface area contributed by atoms with Gasteiger partial charge in [0.2, 0.25) is 0 Å². The molecular formula is C16H14ClNO3S. The monoisotopic (exact) mass is 335 g/mol. The normalized spacial score (nSPS) is 12.1. The molecule has 0 unspecified atom stereocenters. The van der Waals surface area contributed by atoms with E-state index in [1.807, 2.05) is 16.8 Å². The van der Waals surface area contributed by atoms with Crippen molar-refractivity contribution in [1.82, 2.24) is 0 Å². The van der Waals surface area contributed by atoms with Gasteiger partial charge in [-0.1, -0.05) is 11.6 Å². The number of nitrogens with one attached hydrogen (secondary N) is 1. The van der Waals surface area contributed by atoms with Gasteiger partial charge in [0.15, 0.2) is 6.10 Å². The highest BCUT2D eigenvalue weighted by Crippen LogP contribution is 2.14. The minimum Gasteiger partial charge on any atom is -0.449 e. The lowest BCUT2D eigenvalue weighted by molar-refractivity contribution is -0.148. The zero-order valence-corrected chi connectivity index (χ0v) is 13.4. The van der Waals surface area contributed by atoms with Crippen LogP contribution in [0.5, 0.6) is 0 Å². The Labute approximate surface area is 137 Å². The summed E-state index contributed by atoms with van der Waals surface area (Å²) >= 11 is 7.30. The van der Waals surface area contributed by atoms with Crippen molar-refractivity contribution in [2.75, 3.05) is 5.32 Å². The second-order valence-corrected chi connectivity index (χ2v) is 5.68. The molecule has 0 spiro atoms. The molecule has 0 saturated heterocycles. The molecule has 0 aliphatic carbocycles. The summed E-state index contributed by atoms with van der Waals surface area (Å²) in [5.74, 6) is -0.968. The van der Waals surface area contributed by atoms with Gasteiger partial charge < -0.3 is 10.1 Å². The SMILES string of the molecule is C[C@@H](OC(=O)/C=C/c1ccsc1)C(=O)Nc1ccc(Cl)cc1. The van der Waals surface area contributed by atoms with Gasteiger partial charge in [-0.3, -0.25) is 4.79 Å². The largest absolute Gasteiger partial charge is 0.449 e. The maximum Gasteiger partial charge on any atom is 0.331 e. The van der Waals surface area contributed by atoms with Gasteiger partial charge in [-0.2, -0.15) is 11.3 Å². The quantitative estimate of drug-likeness (QED) is 0.664. The van der Waals surface area contributed by atoms with Crippen LogP contribution < -0.4 is 5.32 Å². The summed E-state index contributed by atoms with van der Waals surface area (Å²) in [6.45, 7) is 1.52. The number of hydrogen-bond acceptors (Lipinski definition) is 4. The molecule has 0 aliphatic heterocycles. The molecule has 114 valence electrons. The lowest BCUT2D eigenvalue weighted by Crippen LogP contribution is -2.29. The van der Waals surface area contributed by atoms with Crippen LogP contribution >= 0.6 is 22.9 Å². The Hall–Kier alpha value is -2.11. The van der Waals surface area contributed by atoms with Crippen LogP contribution in [0.25, 0.3) is 6.08 Å². The van der Waals surface area contributed by atoms with E-state index in [1.165, 1.54) is 24.3 Å². The van der Waals surface area contributed by atoms with Crippen molar-refractivity contribution in [1.29, 1.82) is 0 Å². The van der Waals surface area contributed by atoms with Gasteiger partial charge in [-0.15, -0.1) is 0 Å². The van der Waals surface area contributed by atoms with Crippen LogP contribution in [-0.4, -0.2) is 18.0 Å². The van der Waals surface area contributed by atoms with Gasteiger partial charge in [-0.05, 0) is 59.7 Å². The van der Waals surface area contributed by atoms with Gasteiger partial charge in [0, 0.05) is 16.8 Å². The number of thiophene rings is 1. The second-order valence-electron chi connectivity index (χ2n) is 4.47. The number of carbonyl (C=O) groups is 2. The molecule has 1 N–H and O–H groups in total. The first-order valence-corrected chi connectivity index (χ1v) is 7.84. The van der Waals surface area contributed by atoms with Crippen molar-refractivity contribution < 1.29 is 14.3 Å². The smallest absolute Gasteiger partial charge is 0.331 e. The van der Waals surface area contributed by atoms with Crippen LogP contribution in [0.1, 0.15) is 12.5 Å². The fourth-order valence-corrected chi connectivity index (χ4v) is 2.33. The molecule has 0 bridgehead atoms. The van der Waals surface area contributed by atoms with Gasteiger partial charge in [0.1, 0.15) is 0 Å². The van der Waals surface area contributed by atoms with Crippen LogP contribution in [-0.2, 0) is 14.3 Å². The maximum absolute atomic E-state index is 11.9. The zero-order chi connectivity index (χ0) is 15.9. The molecule has 1 heterocycles. The molecule has 1 aromatic heterocycles. The Morgan fingerprint density at radius 2 is 2.00 bits per heavy atom. The lowest BCUT2D eigenvalue weighted by atomic mass is 10.3. The van der Waals surface area contributed by atoms with E-state index in [4.69, 9.17) is 16.3 Å². The predicted molar refractivity (Wildman–Crippen MR) is 89.0 cm³/mol. The standard InChI is InChI=1S/C16H14ClNO3S/c1-11(16(20)18-14-5-3-13(17)4-6-14)21-15(19)7-2-12-8-9-22-10-12/h2-11H,1H3,(H,18,20)/b7-2+/t11-/m1/s1. The summed E-state index contributed by atoms with van der Waals surface area (Å²) in [4.78, 5) is 23.6. The predicted octanol–water partition coefficient (Wildman–Crippen LogP) is 3.99. The molecule has 4 nitrogen and oxygen atoms in total. The first-order chi connectivity index (χ1) is 10.5. The van der Waals surface area contributed by atoms with Crippen molar-refractivity contribution in [3.8, 4) is 0 Å². The Morgan fingerprint density at radius 3 is 2.64 bits per heavy atom. The highest BCUT2D eigenvalue weighted by molar-refractivity contribution is 7.08. The molecule has 0 saturated carbocycles. The van der Waals surface area contributed by atoms with Crippen molar-refractivity contribution >= 4 is 46.6 Å². The van der Waals surface area contributed by atoms with Crippen LogP contribution in [0.3, 0.4) is 0 Å². The number of carbonyl (C=O) groups excluding carboxylic acids is 2. The molecule has 2 aromatic rings. The number of ether oxygens (including phenoxy) is 1. The van der Waals surface area contributed by atoms with E-state index in [-0.39, 0.29) is 0 Å². The van der Waals surface area contributed by atoms with Crippen molar-refractivity contribution in [2.45, 2.75) is 13.0 Å². The van der Waals surface area contributed by atoms with E-state index in [2.05, 4.69) is 5.32 Å². The Kier molecular flexibility index (Phi) is 5.75. The summed E-state index contributed by atoms with van der Waals surface area (Å²) in [5.41, 5.74) is 1.51. The Balaban J connectivity index is 1.85. The molecule has 1 atom stereocenters. The third-order valence-electron chi connectivity index (χ3n) is 2.73. The van der Waals surface area contributed by atoms with Crippen LogP contribution in [0.2, 0.25) is 5.02 Å². The minimum atomic E-state index is -0.893. The molecule has 0 radical (unpaired) electrons. The number of rotatable bonds is 5. The molecule has 1 aromatic carbocycles. The van der Waals surface area contributed by atoms with Crippen LogP contribution in [0.15, 0.2) is 47.2 Å². The number of esters is 1. The van der Waals surface area contributed by atoms with E-state index in [0.29, 0.717) is 10.7 Å². The van der Waals surface area contributed by atoms with Gasteiger partial charge >= 0.3 is 5.97 Å². The van der Waals surface area contributed by atoms with Crippen LogP contribution in [0, 0.1) is 0 Å². The van der Waals surface area contributed by atoms with E-state index in [0.717, 1.165) is 5.56 Å². The average molecular weight is 336 g/mol. The fraction of sp³-hybridized carbons (Fsp3) is 0.125. The molecule has 1 amide bonds. The maximum atomic E-state index is 11.9. The third kappa shape index (κ3) is 5.02. The number of amides is 1. The first-order valence-electron chi connectivity index (χ1n) is 6.52. The summed E-state index contributed by atoms with van der Waals surface area (Å²) in [5, 5.41) is 7.04. The summed E-state index contributed by atoms with van der Waals surface area (Å²) in [6.07, 6.45) is 2.05. The minimum absolute atomic E-state index is 0.403. The number of halogens is 1. The highest BCUT2D eigenvalue weighted by Gasteiger charge is 2.16. The van der Waals surface area contributed by atoms with Gasteiger partial charge in [0.25, 0.3) is 5.91 Å². The first kappa shape index (κ1) is 16.3. The molecular weight excluding hydrogens is 322 g/mol. The van der Waals surface area contributed by atoms with Gasteiger partial charge in [0.05, 0.1) is 0 Å². The summed E-state index contributed by atoms with van der Waals surface area (Å²) in [6, 6.07) is 8.55. The van der Waals surface area contributed by atoms with E-state index in [9.17, 15) is 9.59 Å². The average Bonchev–Trinajstić information content (AvgIpc) is 3.01. The van der Waals surface area contributed by atoms with Crippen LogP contribution in [0.4, 0.5) is 5.69 Å². The Morgan fingerprint density at radius 1 is 1.27 bits per heavy atom.